The highest BCUT2D eigenvalue weighted by Gasteiger charge is 2.67. The van der Waals surface area contributed by atoms with Crippen LogP contribution in [0.1, 0.15) is 50.9 Å². The van der Waals surface area contributed by atoms with Crippen molar-refractivity contribution < 1.29 is 18.0 Å². The number of sulfonamides is 1. The molecule has 0 radical (unpaired) electrons. The molecule has 0 aromatic heterocycles. The van der Waals surface area contributed by atoms with Crippen molar-refractivity contribution in [1.82, 2.24) is 5.06 Å². The molecule has 3 unspecified atom stereocenters. The lowest BCUT2D eigenvalue weighted by Gasteiger charge is -2.37. The Bertz CT molecular complexity index is 2100. The maximum Gasteiger partial charge on any atom is 0.283 e. The van der Waals surface area contributed by atoms with Crippen LogP contribution in [0.3, 0.4) is 0 Å². The minimum absolute atomic E-state index is 0.0732. The molecule has 1 saturated heterocycles. The molecule has 1 amide bonds. The van der Waals surface area contributed by atoms with E-state index < -0.39 is 27.4 Å². The molecule has 7 rings (SSSR count). The van der Waals surface area contributed by atoms with Gasteiger partial charge >= 0.3 is 0 Å². The van der Waals surface area contributed by atoms with E-state index in [4.69, 9.17) is 4.84 Å². The molecule has 0 saturated carbocycles. The van der Waals surface area contributed by atoms with Crippen LogP contribution in [0.5, 0.6) is 0 Å². The Labute approximate surface area is 275 Å². The van der Waals surface area contributed by atoms with Gasteiger partial charge in [0.05, 0.1) is 16.2 Å². The molecule has 5 aromatic rings. The molecule has 1 fully saturated rings. The van der Waals surface area contributed by atoms with Crippen LogP contribution >= 0.6 is 0 Å². The van der Waals surface area contributed by atoms with E-state index in [1.54, 1.807) is 24.3 Å². The van der Waals surface area contributed by atoms with Crippen LogP contribution < -0.4 is 5.32 Å². The smallest absolute Gasteiger partial charge is 0.283 e. The van der Waals surface area contributed by atoms with Gasteiger partial charge < -0.3 is 5.32 Å². The molecule has 2 aliphatic rings. The second kappa shape index (κ2) is 12.0. The molecule has 7 nitrogen and oxygen atoms in total. The third-order valence-corrected chi connectivity index (χ3v) is 10.6. The SMILES string of the molecule is Cc1ccc(S(=O)(=O)/N=C2\Nc3ccccc3C23C(c2ccccc2)C(=O)N(OCc2ccccc2)C3c2ccc(C)c(C)c2)cc1. The molecule has 1 spiro atoms. The van der Waals surface area contributed by atoms with Gasteiger partial charge in [0.25, 0.3) is 15.9 Å². The molecule has 2 aliphatic heterocycles. The number of fused-ring (bicyclic) bond motifs is 2. The van der Waals surface area contributed by atoms with E-state index >= 15 is 4.79 Å². The number of carbonyl (C=O) groups is 1. The average molecular weight is 642 g/mol. The van der Waals surface area contributed by atoms with Crippen LogP contribution in [0.25, 0.3) is 0 Å². The Kier molecular flexibility index (Phi) is 7.78. The molecule has 8 heteroatoms. The van der Waals surface area contributed by atoms with E-state index in [0.717, 1.165) is 38.9 Å². The van der Waals surface area contributed by atoms with E-state index in [1.165, 1.54) is 5.06 Å². The molecule has 1 N–H and O–H groups in total. The van der Waals surface area contributed by atoms with E-state index in [-0.39, 0.29) is 23.2 Å². The fourth-order valence-electron chi connectivity index (χ4n) is 6.89. The molecule has 236 valence electrons. The number of benzene rings is 5. The van der Waals surface area contributed by atoms with Crippen LogP contribution in [0, 0.1) is 20.8 Å². The van der Waals surface area contributed by atoms with Crippen molar-refractivity contribution in [2.45, 2.75) is 49.6 Å². The van der Waals surface area contributed by atoms with Crippen LogP contribution in [-0.2, 0) is 31.7 Å². The van der Waals surface area contributed by atoms with Crippen LogP contribution in [-0.4, -0.2) is 25.2 Å². The highest BCUT2D eigenvalue weighted by Crippen LogP contribution is 2.62. The highest BCUT2D eigenvalue weighted by molar-refractivity contribution is 7.90. The Hall–Kier alpha value is -5.05. The van der Waals surface area contributed by atoms with Crippen molar-refractivity contribution in [2.24, 2.45) is 4.40 Å². The van der Waals surface area contributed by atoms with Gasteiger partial charge in [0.15, 0.2) is 0 Å². The normalized spacial score (nSPS) is 21.3. The maximum atomic E-state index is 15.0. The average Bonchev–Trinajstić information content (AvgIpc) is 3.52. The van der Waals surface area contributed by atoms with Gasteiger partial charge in [-0.25, -0.2) is 5.06 Å². The Balaban J connectivity index is 1.53. The fraction of sp³-hybridized carbons (Fsp3) is 0.179. The van der Waals surface area contributed by atoms with Crippen LogP contribution in [0.15, 0.2) is 137 Å². The number of nitrogens with zero attached hydrogens (tertiary/aromatic N) is 2. The summed E-state index contributed by atoms with van der Waals surface area (Å²) in [5.74, 6) is -0.973. The number of hydrogen-bond donors (Lipinski definition) is 1. The first-order valence-electron chi connectivity index (χ1n) is 15.6. The Morgan fingerprint density at radius 3 is 2.13 bits per heavy atom. The zero-order valence-corrected chi connectivity index (χ0v) is 27.2. The number of para-hydroxylation sites is 1. The number of amides is 1. The van der Waals surface area contributed by atoms with Gasteiger partial charge in [-0.2, -0.15) is 8.42 Å². The van der Waals surface area contributed by atoms with Gasteiger partial charge in [-0.3, -0.25) is 9.63 Å². The van der Waals surface area contributed by atoms with Gasteiger partial charge in [0, 0.05) is 5.69 Å². The summed E-state index contributed by atoms with van der Waals surface area (Å²) in [6, 6.07) is 38.8. The molecular weight excluding hydrogens is 607 g/mol. The molecule has 47 heavy (non-hydrogen) atoms. The van der Waals surface area contributed by atoms with E-state index in [1.807, 2.05) is 118 Å². The van der Waals surface area contributed by atoms with Crippen molar-refractivity contribution in [3.63, 3.8) is 0 Å². The molecule has 5 aromatic carbocycles. The molecule has 0 bridgehead atoms. The lowest BCUT2D eigenvalue weighted by molar-refractivity contribution is -0.198. The Morgan fingerprint density at radius 2 is 1.43 bits per heavy atom. The second-order valence-electron chi connectivity index (χ2n) is 12.3. The van der Waals surface area contributed by atoms with Crippen molar-refractivity contribution in [3.05, 3.63) is 166 Å². The lowest BCUT2D eigenvalue weighted by Crippen LogP contribution is -2.44. The molecule has 0 aliphatic carbocycles. The summed E-state index contributed by atoms with van der Waals surface area (Å²) in [6.45, 7) is 6.12. The predicted octanol–water partition coefficient (Wildman–Crippen LogP) is 7.56. The zero-order valence-electron chi connectivity index (χ0n) is 26.4. The first-order chi connectivity index (χ1) is 22.7. The number of rotatable bonds is 7. The summed E-state index contributed by atoms with van der Waals surface area (Å²) >= 11 is 0. The fourth-order valence-corrected chi connectivity index (χ4v) is 7.92. The third kappa shape index (κ3) is 5.23. The largest absolute Gasteiger partial charge is 0.342 e. The van der Waals surface area contributed by atoms with E-state index in [9.17, 15) is 8.42 Å². The first-order valence-corrected chi connectivity index (χ1v) is 17.0. The Morgan fingerprint density at radius 1 is 0.766 bits per heavy atom. The van der Waals surface area contributed by atoms with E-state index in [2.05, 4.69) is 15.8 Å². The second-order valence-corrected chi connectivity index (χ2v) is 13.9. The molecule has 2 heterocycles. The number of amidine groups is 1. The molecule has 3 atom stereocenters. The van der Waals surface area contributed by atoms with Crippen LogP contribution in [0.2, 0.25) is 0 Å². The standard InChI is InChI=1S/C39H35N3O4S/c1-26-18-22-32(23-19-26)47(44,45)41-38-39(33-16-10-11-17-34(33)40-38)35(30-14-8-5-9-15-30)37(43)42(46-25-29-12-6-4-7-13-29)36(39)31-21-20-27(2)28(3)24-31/h4-24,35-36H,25H2,1-3H3,(H,40,41). The maximum absolute atomic E-state index is 15.0. The molecular formula is C39H35N3O4S. The lowest BCUT2D eigenvalue weighted by atomic mass is 9.64. The summed E-state index contributed by atoms with van der Waals surface area (Å²) in [5.41, 5.74) is 5.69. The van der Waals surface area contributed by atoms with Gasteiger partial charge in [0.2, 0.25) is 0 Å². The summed E-state index contributed by atoms with van der Waals surface area (Å²) in [4.78, 5) is 21.6. The van der Waals surface area contributed by atoms with Crippen molar-refractivity contribution in [1.29, 1.82) is 0 Å². The minimum Gasteiger partial charge on any atom is -0.342 e. The van der Waals surface area contributed by atoms with Gasteiger partial charge in [-0.05, 0) is 72.4 Å². The van der Waals surface area contributed by atoms with Gasteiger partial charge in [0.1, 0.15) is 18.5 Å². The van der Waals surface area contributed by atoms with Gasteiger partial charge in [-0.15, -0.1) is 4.40 Å². The third-order valence-electron chi connectivity index (χ3n) is 9.33. The summed E-state index contributed by atoms with van der Waals surface area (Å²) < 4.78 is 32.8. The minimum atomic E-state index is -4.20. The number of aryl methyl sites for hydroxylation is 3. The van der Waals surface area contributed by atoms with Crippen LogP contribution in [0.4, 0.5) is 5.69 Å². The number of carbonyl (C=O) groups excluding carboxylic acids is 1. The van der Waals surface area contributed by atoms with E-state index in [0.29, 0.717) is 5.69 Å². The van der Waals surface area contributed by atoms with Crippen molar-refractivity contribution in [3.8, 4) is 0 Å². The summed E-state index contributed by atoms with van der Waals surface area (Å²) in [6.07, 6.45) is 0. The van der Waals surface area contributed by atoms with Crippen molar-refractivity contribution >= 4 is 27.5 Å². The quantitative estimate of drug-likeness (QED) is 0.198. The number of anilines is 1. The summed E-state index contributed by atoms with van der Waals surface area (Å²) in [7, 11) is -4.20. The highest BCUT2D eigenvalue weighted by atomic mass is 32.2. The van der Waals surface area contributed by atoms with Gasteiger partial charge in [-0.1, -0.05) is 115 Å². The summed E-state index contributed by atoms with van der Waals surface area (Å²) in [5, 5.41) is 4.85. The van der Waals surface area contributed by atoms with Crippen molar-refractivity contribution in [2.75, 3.05) is 5.32 Å². The predicted molar refractivity (Wildman–Crippen MR) is 183 cm³/mol. The topological polar surface area (TPSA) is 88.1 Å². The monoisotopic (exact) mass is 641 g/mol. The first kappa shape index (κ1) is 30.6. The number of hydroxylamine groups is 2. The zero-order chi connectivity index (χ0) is 32.8. The number of hydrogen-bond acceptors (Lipinski definition) is 4. The number of nitrogens with one attached hydrogen (secondary N) is 1.